The van der Waals surface area contributed by atoms with Gasteiger partial charge in [0, 0.05) is 31.0 Å². The second-order valence-electron chi connectivity index (χ2n) is 18.5. The van der Waals surface area contributed by atoms with Gasteiger partial charge in [0.05, 0.1) is 29.1 Å². The normalized spacial score (nSPS) is 14.8. The van der Waals surface area contributed by atoms with E-state index in [0.29, 0.717) is 12.0 Å². The predicted molar refractivity (Wildman–Crippen MR) is 246 cm³/mol. The Labute approximate surface area is 374 Å². The number of nitrogens with zero attached hydrogens (tertiary/aromatic N) is 1. The number of sulfonamides is 1. The number of Topliss-reactive ketones (excluding diaryl/α,β-unsaturated/α-hetero) is 1. The van der Waals surface area contributed by atoms with Crippen LogP contribution in [0.3, 0.4) is 0 Å². The first-order valence-electron chi connectivity index (χ1n) is 21.4. The fraction of sp³-hybridized carbons (Fsp3) is 0.565. The minimum absolute atomic E-state index is 0.0255. The third kappa shape index (κ3) is 15.9. The summed E-state index contributed by atoms with van der Waals surface area (Å²) in [5.41, 5.74) is 11.4. The lowest BCUT2D eigenvalue weighted by molar-refractivity contribution is -0.140. The molecule has 0 saturated heterocycles. The molecule has 0 unspecified atom stereocenters. The molecule has 0 bridgehead atoms. The molecule has 17 heteroatoms. The van der Waals surface area contributed by atoms with Gasteiger partial charge in [0.25, 0.3) is 15.9 Å². The standard InChI is InChI=1S/C46H72N8O8S/c1-28(2)35(54(12)43(59)39(45(6,7)8)52-42(58)38(49-11)46(9,10)32-17-14-13-15-18-32)27-30(5)40(56)53-63(61,62)33-23-20-31(21-24-33)22-25-36(55)34(19-16-26-50-44(48)60)51-41(57)37(47)29(3)4/h13-15,17-18,20-21,23-24,27-29,34-35,37-39,49H,16,19,22,25-26,47H2,1-12H3,(H,51,57)(H,52,58)(H,53,56)(H3,48,50,60)/b30-27+/t34-,35+,37-,38+,39+/m0/s1. The van der Waals surface area contributed by atoms with E-state index in [4.69, 9.17) is 11.5 Å². The van der Waals surface area contributed by atoms with Gasteiger partial charge in [-0.2, -0.15) is 0 Å². The van der Waals surface area contributed by atoms with Crippen LogP contribution >= 0.6 is 0 Å². The largest absolute Gasteiger partial charge is 0.352 e. The zero-order chi connectivity index (χ0) is 48.0. The molecule has 0 aromatic heterocycles. The number of benzene rings is 2. The van der Waals surface area contributed by atoms with E-state index in [2.05, 4.69) is 26.0 Å². The highest BCUT2D eigenvalue weighted by atomic mass is 32.2. The molecule has 0 aliphatic carbocycles. The second-order valence-corrected chi connectivity index (χ2v) is 20.1. The summed E-state index contributed by atoms with van der Waals surface area (Å²) in [6, 6.07) is 10.7. The van der Waals surface area contributed by atoms with Gasteiger partial charge in [0.2, 0.25) is 17.7 Å². The molecule has 16 nitrogen and oxygen atoms in total. The van der Waals surface area contributed by atoms with Crippen molar-refractivity contribution < 1.29 is 37.2 Å². The predicted octanol–water partition coefficient (Wildman–Crippen LogP) is 3.44. The van der Waals surface area contributed by atoms with E-state index in [1.807, 2.05) is 78.8 Å². The van der Waals surface area contributed by atoms with Gasteiger partial charge in [-0.25, -0.2) is 17.9 Å². The Bertz CT molecular complexity index is 2030. The van der Waals surface area contributed by atoms with Crippen LogP contribution in [0.1, 0.15) is 99.6 Å². The number of primary amides is 1. The molecule has 350 valence electrons. The number of hydrogen-bond acceptors (Lipinski definition) is 10. The Balaban J connectivity index is 2.20. The maximum Gasteiger partial charge on any atom is 0.312 e. The summed E-state index contributed by atoms with van der Waals surface area (Å²) in [7, 11) is -1.04. The van der Waals surface area contributed by atoms with Crippen molar-refractivity contribution >= 4 is 45.5 Å². The van der Waals surface area contributed by atoms with Crippen LogP contribution < -0.4 is 37.5 Å². The summed E-state index contributed by atoms with van der Waals surface area (Å²) in [6.45, 7) is 18.5. The van der Waals surface area contributed by atoms with Crippen molar-refractivity contribution in [2.75, 3.05) is 20.6 Å². The molecular formula is C46H72N8O8S. The van der Waals surface area contributed by atoms with Crippen molar-refractivity contribution in [1.82, 2.24) is 30.9 Å². The molecule has 5 atom stereocenters. The number of urea groups is 1. The van der Waals surface area contributed by atoms with Crippen LogP contribution in [0.4, 0.5) is 4.79 Å². The molecule has 0 heterocycles. The first-order chi connectivity index (χ1) is 29.1. The monoisotopic (exact) mass is 897 g/mol. The van der Waals surface area contributed by atoms with Gasteiger partial charge in [-0.15, -0.1) is 0 Å². The van der Waals surface area contributed by atoms with Crippen LogP contribution in [0.15, 0.2) is 71.1 Å². The molecule has 2 aromatic rings. The van der Waals surface area contributed by atoms with Crippen LogP contribution in [-0.4, -0.2) is 99.6 Å². The van der Waals surface area contributed by atoms with Crippen molar-refractivity contribution in [2.45, 2.75) is 135 Å². The first kappa shape index (κ1) is 54.0. The van der Waals surface area contributed by atoms with Crippen LogP contribution in [0.5, 0.6) is 0 Å². The van der Waals surface area contributed by atoms with Gasteiger partial charge in [0.1, 0.15) is 6.04 Å². The van der Waals surface area contributed by atoms with Crippen molar-refractivity contribution in [3.8, 4) is 0 Å². The topological polar surface area (TPSA) is 252 Å². The van der Waals surface area contributed by atoms with Crippen LogP contribution in [0.2, 0.25) is 0 Å². The fourth-order valence-electron chi connectivity index (χ4n) is 7.10. The fourth-order valence-corrected chi connectivity index (χ4v) is 8.12. The summed E-state index contributed by atoms with van der Waals surface area (Å²) in [6.07, 6.45) is 2.42. The highest BCUT2D eigenvalue weighted by molar-refractivity contribution is 7.90. The number of likely N-dealkylation sites (N-methyl/N-ethyl adjacent to an activating group) is 2. The van der Waals surface area contributed by atoms with Gasteiger partial charge in [-0.05, 0) is 73.7 Å². The van der Waals surface area contributed by atoms with Crippen LogP contribution in [0.25, 0.3) is 0 Å². The Morgan fingerprint density at radius 2 is 1.41 bits per heavy atom. The molecule has 0 radical (unpaired) electrons. The molecular weight excluding hydrogens is 825 g/mol. The second kappa shape index (κ2) is 23.5. The Hall–Kier alpha value is -5.13. The lowest BCUT2D eigenvalue weighted by Crippen LogP contribution is -2.61. The zero-order valence-electron chi connectivity index (χ0n) is 39.1. The smallest absolute Gasteiger partial charge is 0.312 e. The Kier molecular flexibility index (Phi) is 20.2. The average molecular weight is 897 g/mol. The van der Waals surface area contributed by atoms with Crippen LogP contribution in [-0.2, 0) is 45.8 Å². The molecule has 0 saturated carbocycles. The first-order valence-corrected chi connectivity index (χ1v) is 22.9. The van der Waals surface area contributed by atoms with Gasteiger partial charge < -0.3 is 37.6 Å². The number of aryl methyl sites for hydroxylation is 1. The number of ketones is 1. The number of carbonyl (C=O) groups is 6. The summed E-state index contributed by atoms with van der Waals surface area (Å²) < 4.78 is 28.9. The van der Waals surface area contributed by atoms with E-state index in [1.165, 1.54) is 36.1 Å². The zero-order valence-corrected chi connectivity index (χ0v) is 39.9. The van der Waals surface area contributed by atoms with Crippen LogP contribution in [0, 0.1) is 17.3 Å². The molecule has 0 aliphatic rings. The quantitative estimate of drug-likeness (QED) is 0.0632. The minimum Gasteiger partial charge on any atom is -0.352 e. The summed E-state index contributed by atoms with van der Waals surface area (Å²) in [5, 5.41) is 11.3. The van der Waals surface area contributed by atoms with E-state index in [9.17, 15) is 37.2 Å². The third-order valence-corrected chi connectivity index (χ3v) is 12.6. The molecule has 0 fully saturated rings. The SMILES string of the molecule is CN[C@H](C(=O)N[C@H](C(=O)N(C)[C@H](/C=C(\C)C(=O)NS(=O)(=O)c1ccc(CCC(=O)[C@H](CCCNC(N)=O)NC(=O)[C@@H](N)C(C)C)cc1)C(C)C)C(C)(C)C)C(C)(C)c1ccccc1. The van der Waals surface area contributed by atoms with Crippen molar-refractivity contribution in [1.29, 1.82) is 0 Å². The summed E-state index contributed by atoms with van der Waals surface area (Å²) >= 11 is 0. The maximum absolute atomic E-state index is 14.3. The van der Waals surface area contributed by atoms with E-state index in [-0.39, 0.29) is 65.7 Å². The van der Waals surface area contributed by atoms with Gasteiger partial charge >= 0.3 is 6.03 Å². The number of nitrogens with two attached hydrogens (primary N) is 2. The van der Waals surface area contributed by atoms with Crippen molar-refractivity contribution in [3.05, 3.63) is 77.4 Å². The van der Waals surface area contributed by atoms with Crippen molar-refractivity contribution in [3.63, 3.8) is 0 Å². The molecule has 2 rings (SSSR count). The van der Waals surface area contributed by atoms with E-state index >= 15 is 0 Å². The molecule has 9 N–H and O–H groups in total. The number of hydrogen-bond donors (Lipinski definition) is 7. The molecule has 0 aliphatic heterocycles. The maximum atomic E-state index is 14.3. The Morgan fingerprint density at radius 1 is 0.825 bits per heavy atom. The highest BCUT2D eigenvalue weighted by Crippen LogP contribution is 2.29. The Morgan fingerprint density at radius 3 is 1.92 bits per heavy atom. The molecule has 2 aromatic carbocycles. The third-order valence-electron chi connectivity index (χ3n) is 11.3. The molecule has 0 spiro atoms. The van der Waals surface area contributed by atoms with Gasteiger partial charge in [0.15, 0.2) is 5.78 Å². The molecule has 6 amide bonds. The van der Waals surface area contributed by atoms with Gasteiger partial charge in [-0.1, -0.05) is 111 Å². The van der Waals surface area contributed by atoms with E-state index in [1.54, 1.807) is 34.0 Å². The number of nitrogens with one attached hydrogen (secondary N) is 5. The van der Waals surface area contributed by atoms with E-state index < -0.39 is 68.9 Å². The van der Waals surface area contributed by atoms with Crippen molar-refractivity contribution in [2.24, 2.45) is 28.7 Å². The van der Waals surface area contributed by atoms with Gasteiger partial charge in [-0.3, -0.25) is 24.0 Å². The molecule has 63 heavy (non-hydrogen) atoms. The minimum atomic E-state index is -4.34. The lowest BCUT2D eigenvalue weighted by Gasteiger charge is -2.40. The number of rotatable bonds is 23. The highest BCUT2D eigenvalue weighted by Gasteiger charge is 2.42. The number of carbonyl (C=O) groups excluding carboxylic acids is 6. The summed E-state index contributed by atoms with van der Waals surface area (Å²) in [4.78, 5) is 79.9. The average Bonchev–Trinajstić information content (AvgIpc) is 3.20. The summed E-state index contributed by atoms with van der Waals surface area (Å²) in [5.74, 6) is -2.71. The van der Waals surface area contributed by atoms with E-state index in [0.717, 1.165) is 5.56 Å². The lowest BCUT2D eigenvalue weighted by atomic mass is 9.76. The number of amides is 6.